The molecule has 0 radical (unpaired) electrons. The number of carbonyl (C=O) groups excluding carboxylic acids is 2. The maximum Gasteiger partial charge on any atom is 0.251 e. The smallest absolute Gasteiger partial charge is 0.251 e. The van der Waals surface area contributed by atoms with Gasteiger partial charge in [-0.25, -0.2) is 0 Å². The topological polar surface area (TPSA) is 55.4 Å². The summed E-state index contributed by atoms with van der Waals surface area (Å²) in [7, 11) is 0. The molecule has 0 heterocycles. The third kappa shape index (κ3) is 4.47. The van der Waals surface area contributed by atoms with E-state index in [1.165, 1.54) is 0 Å². The van der Waals surface area contributed by atoms with Gasteiger partial charge in [-0.2, -0.15) is 0 Å². The van der Waals surface area contributed by atoms with Gasteiger partial charge in [0.05, 0.1) is 6.04 Å². The summed E-state index contributed by atoms with van der Waals surface area (Å²) in [6.07, 6.45) is 2.01. The summed E-state index contributed by atoms with van der Waals surface area (Å²) in [6.45, 7) is 3.75. The number of ether oxygens (including phenoxy) is 1. The molecule has 0 aromatic heterocycles. The van der Waals surface area contributed by atoms with Crippen LogP contribution in [0.5, 0.6) is 11.5 Å². The molecule has 1 amide bonds. The average molecular weight is 337 g/mol. The van der Waals surface area contributed by atoms with E-state index in [-0.39, 0.29) is 23.7 Å². The molecule has 1 aliphatic rings. The van der Waals surface area contributed by atoms with E-state index >= 15 is 0 Å². The number of benzene rings is 2. The Hall–Kier alpha value is -2.62. The van der Waals surface area contributed by atoms with Crippen LogP contribution in [-0.4, -0.2) is 17.7 Å². The normalized spacial score (nSPS) is 14.8. The van der Waals surface area contributed by atoms with Crippen molar-refractivity contribution in [2.75, 3.05) is 0 Å². The third-order valence-corrected chi connectivity index (χ3v) is 4.35. The second-order valence-electron chi connectivity index (χ2n) is 6.79. The Bertz CT molecular complexity index is 733. The van der Waals surface area contributed by atoms with Gasteiger partial charge in [0.2, 0.25) is 0 Å². The first-order valence-electron chi connectivity index (χ1n) is 8.72. The molecule has 1 saturated carbocycles. The molecule has 0 spiro atoms. The predicted octanol–water partition coefficient (Wildman–Crippen LogP) is 4.21. The third-order valence-electron chi connectivity index (χ3n) is 4.35. The van der Waals surface area contributed by atoms with Crippen LogP contribution < -0.4 is 10.1 Å². The van der Waals surface area contributed by atoms with Crippen LogP contribution in [0.3, 0.4) is 0 Å². The first-order chi connectivity index (χ1) is 12.0. The van der Waals surface area contributed by atoms with Gasteiger partial charge in [-0.1, -0.05) is 32.0 Å². The van der Waals surface area contributed by atoms with Gasteiger partial charge in [-0.05, 0) is 55.2 Å². The van der Waals surface area contributed by atoms with Gasteiger partial charge in [0.25, 0.3) is 5.91 Å². The Kier molecular flexibility index (Phi) is 5.17. The molecule has 0 saturated heterocycles. The number of Topliss-reactive ketones (excluding diaryl/α,β-unsaturated/α-hetero) is 1. The lowest BCUT2D eigenvalue weighted by atomic mass is 9.97. The fourth-order valence-electron chi connectivity index (χ4n) is 2.73. The van der Waals surface area contributed by atoms with E-state index in [9.17, 15) is 9.59 Å². The molecule has 1 N–H and O–H groups in total. The van der Waals surface area contributed by atoms with Gasteiger partial charge < -0.3 is 10.1 Å². The molecule has 2 aromatic rings. The molecule has 1 atom stereocenters. The van der Waals surface area contributed by atoms with Crippen LogP contribution >= 0.6 is 0 Å². The maximum atomic E-state index is 12.5. The summed E-state index contributed by atoms with van der Waals surface area (Å²) in [5, 5.41) is 2.92. The van der Waals surface area contributed by atoms with Crippen molar-refractivity contribution in [1.82, 2.24) is 5.32 Å². The van der Waals surface area contributed by atoms with Gasteiger partial charge in [0.15, 0.2) is 5.78 Å². The van der Waals surface area contributed by atoms with Crippen LogP contribution in [0.2, 0.25) is 0 Å². The average Bonchev–Trinajstić information content (AvgIpc) is 3.45. The largest absolute Gasteiger partial charge is 0.457 e. The highest BCUT2D eigenvalue weighted by Crippen LogP contribution is 2.34. The van der Waals surface area contributed by atoms with Gasteiger partial charge >= 0.3 is 0 Å². The van der Waals surface area contributed by atoms with Crippen molar-refractivity contribution in [2.45, 2.75) is 32.7 Å². The van der Waals surface area contributed by atoms with Crippen LogP contribution in [0.15, 0.2) is 54.6 Å². The van der Waals surface area contributed by atoms with Gasteiger partial charge in [-0.3, -0.25) is 9.59 Å². The van der Waals surface area contributed by atoms with E-state index in [1.807, 2.05) is 44.2 Å². The van der Waals surface area contributed by atoms with Crippen LogP contribution in [-0.2, 0) is 4.79 Å². The molecule has 25 heavy (non-hydrogen) atoms. The highest BCUT2D eigenvalue weighted by atomic mass is 16.5. The van der Waals surface area contributed by atoms with Gasteiger partial charge in [0.1, 0.15) is 11.5 Å². The molecule has 0 bridgehead atoms. The molecule has 130 valence electrons. The predicted molar refractivity (Wildman–Crippen MR) is 96.8 cm³/mol. The lowest BCUT2D eigenvalue weighted by Gasteiger charge is -2.19. The number of carbonyl (C=O) groups is 2. The molecular formula is C21H23NO3. The van der Waals surface area contributed by atoms with Crippen LogP contribution in [0.1, 0.15) is 37.0 Å². The van der Waals surface area contributed by atoms with Crippen LogP contribution in [0.4, 0.5) is 0 Å². The molecule has 3 rings (SSSR count). The zero-order chi connectivity index (χ0) is 17.8. The molecular weight excluding hydrogens is 314 g/mol. The van der Waals surface area contributed by atoms with Crippen molar-refractivity contribution in [3.63, 3.8) is 0 Å². The van der Waals surface area contributed by atoms with Crippen molar-refractivity contribution in [3.05, 3.63) is 60.2 Å². The van der Waals surface area contributed by atoms with E-state index in [2.05, 4.69) is 5.32 Å². The van der Waals surface area contributed by atoms with Crippen LogP contribution in [0.25, 0.3) is 0 Å². The summed E-state index contributed by atoms with van der Waals surface area (Å²) < 4.78 is 5.73. The van der Waals surface area contributed by atoms with Gasteiger partial charge in [0, 0.05) is 11.5 Å². The minimum atomic E-state index is -0.368. The summed E-state index contributed by atoms with van der Waals surface area (Å²) in [5.74, 6) is 1.53. The number of nitrogens with one attached hydrogen (secondary N) is 1. The van der Waals surface area contributed by atoms with Crippen molar-refractivity contribution in [1.29, 1.82) is 0 Å². The molecule has 1 fully saturated rings. The minimum Gasteiger partial charge on any atom is -0.457 e. The zero-order valence-corrected chi connectivity index (χ0v) is 14.6. The van der Waals surface area contributed by atoms with Crippen molar-refractivity contribution < 1.29 is 14.3 Å². The lowest BCUT2D eigenvalue weighted by Crippen LogP contribution is -2.44. The van der Waals surface area contributed by atoms with E-state index in [4.69, 9.17) is 4.74 Å². The molecule has 0 aliphatic heterocycles. The SMILES string of the molecule is CC(C)C(=O)[C@@H](NC(=O)c1ccc(Oc2ccccc2)cc1)C1CC1. The fourth-order valence-corrected chi connectivity index (χ4v) is 2.73. The van der Waals surface area contributed by atoms with Crippen molar-refractivity contribution in [2.24, 2.45) is 11.8 Å². The number of para-hydroxylation sites is 1. The highest BCUT2D eigenvalue weighted by Gasteiger charge is 2.37. The van der Waals surface area contributed by atoms with Crippen LogP contribution in [0, 0.1) is 11.8 Å². The first-order valence-corrected chi connectivity index (χ1v) is 8.72. The molecule has 4 nitrogen and oxygen atoms in total. The summed E-state index contributed by atoms with van der Waals surface area (Å²) in [6, 6.07) is 16.1. The van der Waals surface area contributed by atoms with E-state index in [1.54, 1.807) is 24.3 Å². The Morgan fingerprint density at radius 1 is 0.960 bits per heavy atom. The van der Waals surface area contributed by atoms with E-state index in [0.717, 1.165) is 18.6 Å². The summed E-state index contributed by atoms with van der Waals surface area (Å²) in [4.78, 5) is 24.8. The monoisotopic (exact) mass is 337 g/mol. The zero-order valence-electron chi connectivity index (χ0n) is 14.6. The second kappa shape index (κ2) is 7.51. The Balaban J connectivity index is 1.65. The lowest BCUT2D eigenvalue weighted by molar-refractivity contribution is -0.124. The molecule has 0 unspecified atom stereocenters. The van der Waals surface area contributed by atoms with E-state index in [0.29, 0.717) is 17.2 Å². The number of hydrogen-bond donors (Lipinski definition) is 1. The number of hydrogen-bond acceptors (Lipinski definition) is 3. The number of amides is 1. The minimum absolute atomic E-state index is 0.0763. The Morgan fingerprint density at radius 2 is 1.56 bits per heavy atom. The highest BCUT2D eigenvalue weighted by molar-refractivity contribution is 5.98. The summed E-state index contributed by atoms with van der Waals surface area (Å²) >= 11 is 0. The quantitative estimate of drug-likeness (QED) is 0.823. The van der Waals surface area contributed by atoms with Gasteiger partial charge in [-0.15, -0.1) is 0 Å². The maximum absolute atomic E-state index is 12.5. The Labute approximate surface area is 148 Å². The number of ketones is 1. The van der Waals surface area contributed by atoms with Crippen molar-refractivity contribution >= 4 is 11.7 Å². The molecule has 2 aromatic carbocycles. The first kappa shape index (κ1) is 17.2. The number of rotatable bonds is 7. The van der Waals surface area contributed by atoms with E-state index < -0.39 is 0 Å². The molecule has 4 heteroatoms. The molecule has 1 aliphatic carbocycles. The fraction of sp³-hybridized carbons (Fsp3) is 0.333. The summed E-state index contributed by atoms with van der Waals surface area (Å²) in [5.41, 5.74) is 0.530. The van der Waals surface area contributed by atoms with Crippen molar-refractivity contribution in [3.8, 4) is 11.5 Å². The Morgan fingerprint density at radius 3 is 2.12 bits per heavy atom. The second-order valence-corrected chi connectivity index (χ2v) is 6.79. The standard InChI is InChI=1S/C21H23NO3/c1-14(2)20(23)19(15-8-9-15)22-21(24)16-10-12-18(13-11-16)25-17-6-4-3-5-7-17/h3-7,10-15,19H,8-9H2,1-2H3,(H,22,24)/t19-/m0/s1.